The van der Waals surface area contributed by atoms with Crippen LogP contribution in [0.25, 0.3) is 0 Å². The summed E-state index contributed by atoms with van der Waals surface area (Å²) in [5, 5.41) is 0.108. The summed E-state index contributed by atoms with van der Waals surface area (Å²) < 4.78 is 30.2. The second kappa shape index (κ2) is 3.27. The van der Waals surface area contributed by atoms with Gasteiger partial charge in [-0.25, -0.2) is 8.78 Å². The summed E-state index contributed by atoms with van der Waals surface area (Å²) in [5.41, 5.74) is 0.0634. The molecule has 0 spiro atoms. The highest BCUT2D eigenvalue weighted by Crippen LogP contribution is 2.30. The van der Waals surface area contributed by atoms with Crippen molar-refractivity contribution in [3.63, 3.8) is 0 Å². The van der Waals surface area contributed by atoms with E-state index < -0.39 is 11.6 Å². The average Bonchev–Trinajstić information content (AvgIpc) is 2.08. The molecule has 0 aliphatic carbocycles. The molecule has 0 atom stereocenters. The van der Waals surface area contributed by atoms with E-state index in [0.29, 0.717) is 0 Å². The predicted molar refractivity (Wildman–Crippen MR) is 42.7 cm³/mol. The molecule has 0 aromatic heterocycles. The Morgan fingerprint density at radius 3 is 2.50 bits per heavy atom. The SMILES string of the molecule is COc1cc(F)c(F)c(C)c1Cl. The third kappa shape index (κ3) is 1.37. The van der Waals surface area contributed by atoms with Crippen LogP contribution in [0.2, 0.25) is 5.02 Å². The van der Waals surface area contributed by atoms with E-state index in [2.05, 4.69) is 0 Å². The molecular weight excluding hydrogens is 186 g/mol. The van der Waals surface area contributed by atoms with Crippen molar-refractivity contribution >= 4 is 11.6 Å². The summed E-state index contributed by atoms with van der Waals surface area (Å²) in [7, 11) is 1.35. The lowest BCUT2D eigenvalue weighted by Crippen LogP contribution is -1.94. The van der Waals surface area contributed by atoms with Crippen LogP contribution in [0.15, 0.2) is 6.07 Å². The minimum atomic E-state index is -0.950. The summed E-state index contributed by atoms with van der Waals surface area (Å²) in [6.45, 7) is 1.39. The first-order valence-corrected chi connectivity index (χ1v) is 3.63. The van der Waals surface area contributed by atoms with Crippen LogP contribution < -0.4 is 4.74 Å². The van der Waals surface area contributed by atoms with E-state index >= 15 is 0 Å². The Bertz CT molecular complexity index is 312. The molecule has 12 heavy (non-hydrogen) atoms. The normalized spacial score (nSPS) is 10.1. The minimum Gasteiger partial charge on any atom is -0.495 e. The quantitative estimate of drug-likeness (QED) is 0.622. The molecule has 0 unspecified atom stereocenters. The van der Waals surface area contributed by atoms with E-state index in [4.69, 9.17) is 16.3 Å². The smallest absolute Gasteiger partial charge is 0.163 e. The second-order valence-corrected chi connectivity index (χ2v) is 2.69. The summed E-state index contributed by atoms with van der Waals surface area (Å²) in [4.78, 5) is 0. The van der Waals surface area contributed by atoms with E-state index in [1.807, 2.05) is 0 Å². The molecule has 0 fully saturated rings. The first-order valence-electron chi connectivity index (χ1n) is 3.26. The van der Waals surface area contributed by atoms with Crippen LogP contribution in [-0.4, -0.2) is 7.11 Å². The number of ether oxygens (including phenoxy) is 1. The van der Waals surface area contributed by atoms with Crippen molar-refractivity contribution in [3.8, 4) is 5.75 Å². The van der Waals surface area contributed by atoms with E-state index in [0.717, 1.165) is 6.07 Å². The fourth-order valence-electron chi connectivity index (χ4n) is 0.851. The molecule has 1 nitrogen and oxygen atoms in total. The maximum atomic E-state index is 12.8. The van der Waals surface area contributed by atoms with Gasteiger partial charge >= 0.3 is 0 Å². The molecule has 1 aromatic carbocycles. The zero-order valence-electron chi connectivity index (χ0n) is 6.62. The van der Waals surface area contributed by atoms with Gasteiger partial charge in [0.15, 0.2) is 11.6 Å². The van der Waals surface area contributed by atoms with Gasteiger partial charge in [0.2, 0.25) is 0 Å². The molecule has 0 N–H and O–H groups in total. The largest absolute Gasteiger partial charge is 0.495 e. The van der Waals surface area contributed by atoms with Crippen molar-refractivity contribution in [2.75, 3.05) is 7.11 Å². The van der Waals surface area contributed by atoms with E-state index in [9.17, 15) is 8.78 Å². The molecule has 0 aliphatic heterocycles. The summed E-state index contributed by atoms with van der Waals surface area (Å²) in [6.07, 6.45) is 0. The van der Waals surface area contributed by atoms with E-state index in [1.54, 1.807) is 0 Å². The highest BCUT2D eigenvalue weighted by Gasteiger charge is 2.13. The average molecular weight is 193 g/mol. The Labute approximate surface area is 73.9 Å². The van der Waals surface area contributed by atoms with E-state index in [-0.39, 0.29) is 16.3 Å². The van der Waals surface area contributed by atoms with Crippen LogP contribution in [0.5, 0.6) is 5.75 Å². The van der Waals surface area contributed by atoms with Gasteiger partial charge in [0.05, 0.1) is 12.1 Å². The monoisotopic (exact) mass is 192 g/mol. The number of hydrogen-bond acceptors (Lipinski definition) is 1. The first kappa shape index (κ1) is 9.26. The van der Waals surface area contributed by atoms with Crippen LogP contribution in [0.4, 0.5) is 8.78 Å². The summed E-state index contributed by atoms with van der Waals surface area (Å²) in [5.74, 6) is -1.73. The maximum absolute atomic E-state index is 12.8. The molecule has 0 bridgehead atoms. The number of benzene rings is 1. The standard InChI is InChI=1S/C8H7ClF2O/c1-4-7(9)6(12-2)3-5(10)8(4)11/h3H,1-2H3. The molecular formula is C8H7ClF2O. The molecule has 0 saturated heterocycles. The van der Waals surface area contributed by atoms with Crippen molar-refractivity contribution < 1.29 is 13.5 Å². The van der Waals surface area contributed by atoms with Gasteiger partial charge in [0.1, 0.15) is 5.75 Å². The fourth-order valence-corrected chi connectivity index (χ4v) is 1.07. The number of methoxy groups -OCH3 is 1. The number of hydrogen-bond donors (Lipinski definition) is 0. The van der Waals surface area contributed by atoms with Gasteiger partial charge in [-0.05, 0) is 6.92 Å². The molecule has 66 valence electrons. The molecule has 0 radical (unpaired) electrons. The van der Waals surface area contributed by atoms with E-state index in [1.165, 1.54) is 14.0 Å². The molecule has 4 heteroatoms. The highest BCUT2D eigenvalue weighted by atomic mass is 35.5. The number of rotatable bonds is 1. The van der Waals surface area contributed by atoms with Crippen molar-refractivity contribution in [2.24, 2.45) is 0 Å². The topological polar surface area (TPSA) is 9.23 Å². The summed E-state index contributed by atoms with van der Waals surface area (Å²) in [6, 6.07) is 0.921. The minimum absolute atomic E-state index is 0.0634. The van der Waals surface area contributed by atoms with Crippen LogP contribution >= 0.6 is 11.6 Å². The Hall–Kier alpha value is -0.830. The molecule has 1 rings (SSSR count). The van der Waals surface area contributed by atoms with Crippen LogP contribution in [0.3, 0.4) is 0 Å². The Morgan fingerprint density at radius 2 is 2.00 bits per heavy atom. The third-order valence-corrected chi connectivity index (χ3v) is 2.03. The maximum Gasteiger partial charge on any atom is 0.163 e. The van der Waals surface area contributed by atoms with Crippen molar-refractivity contribution in [2.45, 2.75) is 6.92 Å². The van der Waals surface area contributed by atoms with Gasteiger partial charge in [0.25, 0.3) is 0 Å². The molecule has 0 heterocycles. The Morgan fingerprint density at radius 1 is 1.42 bits per heavy atom. The lowest BCUT2D eigenvalue weighted by Gasteiger charge is -2.06. The molecule has 0 aliphatic rings. The third-order valence-electron chi connectivity index (χ3n) is 1.56. The van der Waals surface area contributed by atoms with Crippen LogP contribution in [0.1, 0.15) is 5.56 Å². The highest BCUT2D eigenvalue weighted by molar-refractivity contribution is 6.32. The first-order chi connectivity index (χ1) is 5.57. The summed E-state index contributed by atoms with van der Waals surface area (Å²) >= 11 is 5.64. The second-order valence-electron chi connectivity index (χ2n) is 2.31. The molecule has 1 aromatic rings. The molecule has 0 saturated carbocycles. The number of halogens is 3. The van der Waals surface area contributed by atoms with Gasteiger partial charge in [-0.1, -0.05) is 11.6 Å². The van der Waals surface area contributed by atoms with Gasteiger partial charge in [-0.2, -0.15) is 0 Å². The van der Waals surface area contributed by atoms with Gasteiger partial charge in [-0.15, -0.1) is 0 Å². The van der Waals surface area contributed by atoms with Crippen LogP contribution in [-0.2, 0) is 0 Å². The van der Waals surface area contributed by atoms with Gasteiger partial charge in [-0.3, -0.25) is 0 Å². The Kier molecular flexibility index (Phi) is 2.52. The van der Waals surface area contributed by atoms with Crippen molar-refractivity contribution in [1.82, 2.24) is 0 Å². The Balaban J connectivity index is 3.39. The lowest BCUT2D eigenvalue weighted by atomic mass is 10.2. The van der Waals surface area contributed by atoms with Crippen molar-refractivity contribution in [3.05, 3.63) is 28.3 Å². The zero-order chi connectivity index (χ0) is 9.30. The van der Waals surface area contributed by atoms with Gasteiger partial charge in [0, 0.05) is 11.6 Å². The van der Waals surface area contributed by atoms with Crippen molar-refractivity contribution in [1.29, 1.82) is 0 Å². The van der Waals surface area contributed by atoms with Crippen LogP contribution in [0, 0.1) is 18.6 Å². The lowest BCUT2D eigenvalue weighted by molar-refractivity contribution is 0.405. The zero-order valence-corrected chi connectivity index (χ0v) is 7.38. The predicted octanol–water partition coefficient (Wildman–Crippen LogP) is 2.94. The van der Waals surface area contributed by atoms with Gasteiger partial charge < -0.3 is 4.74 Å². The molecule has 0 amide bonds. The fraction of sp³-hybridized carbons (Fsp3) is 0.250.